The number of halogens is 1. The van der Waals surface area contributed by atoms with Crippen molar-refractivity contribution in [1.82, 2.24) is 9.88 Å². The third kappa shape index (κ3) is 4.60. The molecule has 0 radical (unpaired) electrons. The summed E-state index contributed by atoms with van der Waals surface area (Å²) < 4.78 is 5.96. The molecular weight excluding hydrogens is 286 g/mol. The molecule has 1 aromatic rings. The highest BCUT2D eigenvalue weighted by atomic mass is 35.5. The number of aryl methyl sites for hydroxylation is 1. The molecule has 0 amide bonds. The Hall–Kier alpha value is -1.29. The van der Waals surface area contributed by atoms with Gasteiger partial charge in [0.1, 0.15) is 11.1 Å². The SMILES string of the molecule is CCN(C)/C=N/c1cc(Cl)c(OC2CCCCC2)nc1C. The minimum atomic E-state index is 0.253. The van der Waals surface area contributed by atoms with Crippen molar-refractivity contribution in [2.75, 3.05) is 13.6 Å². The highest BCUT2D eigenvalue weighted by Gasteiger charge is 2.18. The zero-order chi connectivity index (χ0) is 15.2. The maximum absolute atomic E-state index is 6.29. The zero-order valence-corrected chi connectivity index (χ0v) is 13.9. The van der Waals surface area contributed by atoms with Gasteiger partial charge < -0.3 is 9.64 Å². The van der Waals surface area contributed by atoms with E-state index in [-0.39, 0.29) is 6.10 Å². The van der Waals surface area contributed by atoms with E-state index in [1.54, 1.807) is 6.34 Å². The fourth-order valence-electron chi connectivity index (χ4n) is 2.35. The Labute approximate surface area is 132 Å². The lowest BCUT2D eigenvalue weighted by Gasteiger charge is -2.23. The minimum absolute atomic E-state index is 0.253. The predicted octanol–water partition coefficient (Wildman–Crippen LogP) is 4.37. The van der Waals surface area contributed by atoms with Gasteiger partial charge in [-0.05, 0) is 45.6 Å². The number of aromatic nitrogens is 1. The lowest BCUT2D eigenvalue weighted by Crippen LogP contribution is -2.20. The Morgan fingerprint density at radius 3 is 2.81 bits per heavy atom. The fraction of sp³-hybridized carbons (Fsp3) is 0.625. The second kappa shape index (κ2) is 7.64. The van der Waals surface area contributed by atoms with Gasteiger partial charge in [0.15, 0.2) is 0 Å². The summed E-state index contributed by atoms with van der Waals surface area (Å²) in [5.41, 5.74) is 1.63. The number of ether oxygens (including phenoxy) is 1. The van der Waals surface area contributed by atoms with Crippen LogP contribution in [0.2, 0.25) is 5.02 Å². The van der Waals surface area contributed by atoms with E-state index in [0.717, 1.165) is 30.8 Å². The molecule has 0 saturated heterocycles. The van der Waals surface area contributed by atoms with E-state index in [1.807, 2.05) is 24.9 Å². The van der Waals surface area contributed by atoms with Crippen molar-refractivity contribution in [2.24, 2.45) is 4.99 Å². The number of hydrogen-bond acceptors (Lipinski definition) is 3. The van der Waals surface area contributed by atoms with Crippen molar-refractivity contribution in [1.29, 1.82) is 0 Å². The Morgan fingerprint density at radius 1 is 1.43 bits per heavy atom. The molecule has 116 valence electrons. The van der Waals surface area contributed by atoms with Crippen molar-refractivity contribution in [3.8, 4) is 5.88 Å². The van der Waals surface area contributed by atoms with Crippen LogP contribution in [0.3, 0.4) is 0 Å². The predicted molar refractivity (Wildman–Crippen MR) is 87.9 cm³/mol. The van der Waals surface area contributed by atoms with Gasteiger partial charge in [-0.1, -0.05) is 18.0 Å². The highest BCUT2D eigenvalue weighted by molar-refractivity contribution is 6.32. The second-order valence-electron chi connectivity index (χ2n) is 5.58. The summed E-state index contributed by atoms with van der Waals surface area (Å²) in [6.45, 7) is 4.92. The van der Waals surface area contributed by atoms with E-state index >= 15 is 0 Å². The quantitative estimate of drug-likeness (QED) is 0.599. The van der Waals surface area contributed by atoms with Crippen LogP contribution < -0.4 is 4.74 Å². The van der Waals surface area contributed by atoms with Gasteiger partial charge in [0.2, 0.25) is 5.88 Å². The fourth-order valence-corrected chi connectivity index (χ4v) is 2.54. The van der Waals surface area contributed by atoms with Crippen molar-refractivity contribution >= 4 is 23.6 Å². The largest absolute Gasteiger partial charge is 0.473 e. The summed E-state index contributed by atoms with van der Waals surface area (Å²) in [6.07, 6.45) is 8.00. The van der Waals surface area contributed by atoms with Crippen molar-refractivity contribution in [3.05, 3.63) is 16.8 Å². The summed E-state index contributed by atoms with van der Waals surface area (Å²) in [4.78, 5) is 10.9. The average molecular weight is 310 g/mol. The smallest absolute Gasteiger partial charge is 0.233 e. The van der Waals surface area contributed by atoms with Gasteiger partial charge in [-0.3, -0.25) is 0 Å². The number of rotatable bonds is 5. The lowest BCUT2D eigenvalue weighted by atomic mass is 9.98. The maximum Gasteiger partial charge on any atom is 0.233 e. The minimum Gasteiger partial charge on any atom is -0.473 e. The van der Waals surface area contributed by atoms with Crippen LogP contribution in [0.4, 0.5) is 5.69 Å². The average Bonchev–Trinajstić information content (AvgIpc) is 2.50. The van der Waals surface area contributed by atoms with Gasteiger partial charge in [0.25, 0.3) is 0 Å². The highest BCUT2D eigenvalue weighted by Crippen LogP contribution is 2.31. The van der Waals surface area contributed by atoms with Gasteiger partial charge in [0, 0.05) is 13.6 Å². The topological polar surface area (TPSA) is 37.7 Å². The molecule has 2 rings (SSSR count). The first-order chi connectivity index (χ1) is 10.1. The van der Waals surface area contributed by atoms with E-state index in [0.29, 0.717) is 10.9 Å². The molecule has 0 spiro atoms. The molecule has 21 heavy (non-hydrogen) atoms. The Kier molecular flexibility index (Phi) is 5.85. The van der Waals surface area contributed by atoms with Crippen LogP contribution in [0.25, 0.3) is 0 Å². The molecule has 0 bridgehead atoms. The number of pyridine rings is 1. The number of hydrogen-bond donors (Lipinski definition) is 0. The Bertz CT molecular complexity index is 499. The van der Waals surface area contributed by atoms with Crippen LogP contribution in [-0.4, -0.2) is 35.9 Å². The molecule has 0 N–H and O–H groups in total. The van der Waals surface area contributed by atoms with Crippen LogP contribution in [0.5, 0.6) is 5.88 Å². The van der Waals surface area contributed by atoms with Crippen LogP contribution in [0.1, 0.15) is 44.7 Å². The first kappa shape index (κ1) is 16.1. The first-order valence-electron chi connectivity index (χ1n) is 7.68. The number of nitrogens with zero attached hydrogens (tertiary/aromatic N) is 3. The molecule has 1 fully saturated rings. The Morgan fingerprint density at radius 2 is 2.14 bits per heavy atom. The van der Waals surface area contributed by atoms with Crippen molar-refractivity contribution < 1.29 is 4.74 Å². The maximum atomic E-state index is 6.29. The molecule has 4 nitrogen and oxygen atoms in total. The molecule has 1 aliphatic rings. The van der Waals surface area contributed by atoms with Crippen molar-refractivity contribution in [3.63, 3.8) is 0 Å². The van der Waals surface area contributed by atoms with E-state index in [9.17, 15) is 0 Å². The third-order valence-corrected chi connectivity index (χ3v) is 4.10. The van der Waals surface area contributed by atoms with Crippen LogP contribution in [0, 0.1) is 6.92 Å². The monoisotopic (exact) mass is 309 g/mol. The molecule has 0 aliphatic heterocycles. The van der Waals surface area contributed by atoms with Gasteiger partial charge in [-0.2, -0.15) is 0 Å². The Balaban J connectivity index is 2.10. The summed E-state index contributed by atoms with van der Waals surface area (Å²) in [6, 6.07) is 1.84. The van der Waals surface area contributed by atoms with E-state index in [1.165, 1.54) is 19.3 Å². The van der Waals surface area contributed by atoms with Gasteiger partial charge in [0.05, 0.1) is 17.7 Å². The normalized spacial score (nSPS) is 16.4. The molecule has 0 unspecified atom stereocenters. The third-order valence-electron chi connectivity index (χ3n) is 3.83. The van der Waals surface area contributed by atoms with E-state index in [4.69, 9.17) is 16.3 Å². The van der Waals surface area contributed by atoms with E-state index < -0.39 is 0 Å². The second-order valence-corrected chi connectivity index (χ2v) is 5.98. The first-order valence-corrected chi connectivity index (χ1v) is 8.06. The number of aliphatic imine (C=N–C) groups is 1. The summed E-state index contributed by atoms with van der Waals surface area (Å²) >= 11 is 6.29. The molecule has 1 aliphatic carbocycles. The van der Waals surface area contributed by atoms with Gasteiger partial charge in [-0.15, -0.1) is 0 Å². The summed E-state index contributed by atoms with van der Waals surface area (Å²) in [5, 5.41) is 0.539. The molecule has 1 aromatic heterocycles. The molecule has 0 aromatic carbocycles. The van der Waals surface area contributed by atoms with Crippen LogP contribution in [-0.2, 0) is 0 Å². The lowest BCUT2D eigenvalue weighted by molar-refractivity contribution is 0.148. The molecule has 1 saturated carbocycles. The molecule has 0 atom stereocenters. The summed E-state index contributed by atoms with van der Waals surface area (Å²) in [5.74, 6) is 0.545. The molecule has 1 heterocycles. The van der Waals surface area contributed by atoms with Crippen LogP contribution in [0.15, 0.2) is 11.1 Å². The molecule has 5 heteroatoms. The van der Waals surface area contributed by atoms with Gasteiger partial charge >= 0.3 is 0 Å². The standard InChI is InChI=1S/C16H24ClN3O/c1-4-20(3)11-18-15-10-14(17)16(19-12(15)2)21-13-8-6-5-7-9-13/h10-11,13H,4-9H2,1-3H3/b18-11+. The zero-order valence-electron chi connectivity index (χ0n) is 13.1. The molecular formula is C16H24ClN3O. The van der Waals surface area contributed by atoms with Crippen LogP contribution >= 0.6 is 11.6 Å². The van der Waals surface area contributed by atoms with E-state index in [2.05, 4.69) is 16.9 Å². The van der Waals surface area contributed by atoms with Crippen molar-refractivity contribution in [2.45, 2.75) is 52.1 Å². The summed E-state index contributed by atoms with van der Waals surface area (Å²) in [7, 11) is 1.98. The van der Waals surface area contributed by atoms with Gasteiger partial charge in [-0.25, -0.2) is 9.98 Å².